The highest BCUT2D eigenvalue weighted by atomic mass is 35.5. The van der Waals surface area contributed by atoms with E-state index >= 15 is 0 Å². The van der Waals surface area contributed by atoms with Gasteiger partial charge in [-0.15, -0.1) is 0 Å². The third kappa shape index (κ3) is 5.71. The lowest BCUT2D eigenvalue weighted by Crippen LogP contribution is -2.35. The quantitative estimate of drug-likeness (QED) is 0.764. The van der Waals surface area contributed by atoms with E-state index in [2.05, 4.69) is 24.5 Å². The summed E-state index contributed by atoms with van der Waals surface area (Å²) in [5, 5.41) is 6.32. The van der Waals surface area contributed by atoms with E-state index in [9.17, 15) is 9.59 Å². The summed E-state index contributed by atoms with van der Waals surface area (Å²) >= 11 is 5.86. The minimum Gasteiger partial charge on any atom is -0.376 e. The molecule has 0 saturated carbocycles. The predicted octanol–water partition coefficient (Wildman–Crippen LogP) is 3.57. The maximum atomic E-state index is 12.7. The van der Waals surface area contributed by atoms with Gasteiger partial charge in [-0.05, 0) is 36.6 Å². The Kier molecular flexibility index (Phi) is 7.42. The van der Waals surface area contributed by atoms with Gasteiger partial charge in [0.2, 0.25) is 5.91 Å². The number of hydrogen-bond acceptors (Lipinski definition) is 3. The van der Waals surface area contributed by atoms with Crippen molar-refractivity contribution in [3.63, 3.8) is 0 Å². The third-order valence-electron chi connectivity index (χ3n) is 4.13. The van der Waals surface area contributed by atoms with Crippen LogP contribution in [0, 0.1) is 11.8 Å². The molecule has 1 aromatic rings. The minimum atomic E-state index is -0.591. The highest BCUT2D eigenvalue weighted by Crippen LogP contribution is 2.22. The molecule has 0 aliphatic heterocycles. The number of rotatable bonds is 7. The van der Waals surface area contributed by atoms with Gasteiger partial charge >= 0.3 is 0 Å². The summed E-state index contributed by atoms with van der Waals surface area (Å²) in [6, 6.07) is 6.86. The normalized spacial score (nSPS) is 19.2. The van der Waals surface area contributed by atoms with Crippen LogP contribution in [0.5, 0.6) is 0 Å². The van der Waals surface area contributed by atoms with Gasteiger partial charge < -0.3 is 15.4 Å². The Labute approximate surface area is 159 Å². The molecule has 0 fully saturated rings. The Hall–Kier alpha value is -2.11. The van der Waals surface area contributed by atoms with Gasteiger partial charge in [-0.3, -0.25) is 9.59 Å². The number of halogens is 1. The van der Waals surface area contributed by atoms with Crippen molar-refractivity contribution in [3.8, 4) is 0 Å². The van der Waals surface area contributed by atoms with E-state index < -0.39 is 12.0 Å². The molecular weight excluding hydrogens is 352 g/mol. The van der Waals surface area contributed by atoms with Crippen molar-refractivity contribution in [1.29, 1.82) is 0 Å². The number of anilines is 1. The first-order chi connectivity index (χ1) is 12.4. The van der Waals surface area contributed by atoms with Gasteiger partial charge in [0.05, 0.1) is 12.0 Å². The van der Waals surface area contributed by atoms with Crippen molar-refractivity contribution in [3.05, 3.63) is 53.1 Å². The molecule has 2 amide bonds. The Bertz CT molecular complexity index is 696. The topological polar surface area (TPSA) is 67.4 Å². The zero-order valence-electron chi connectivity index (χ0n) is 15.3. The third-order valence-corrected chi connectivity index (χ3v) is 4.39. The van der Waals surface area contributed by atoms with Crippen LogP contribution in [0.1, 0.15) is 20.3 Å². The highest BCUT2D eigenvalue weighted by molar-refractivity contribution is 6.30. The summed E-state index contributed by atoms with van der Waals surface area (Å²) < 4.78 is 5.38. The second kappa shape index (κ2) is 9.55. The van der Waals surface area contributed by atoms with Crippen LogP contribution >= 0.6 is 11.6 Å². The molecule has 2 atom stereocenters. The van der Waals surface area contributed by atoms with E-state index in [0.717, 1.165) is 6.42 Å². The minimum absolute atomic E-state index is 0.180. The molecule has 0 saturated heterocycles. The summed E-state index contributed by atoms with van der Waals surface area (Å²) in [6.45, 7) is 4.82. The van der Waals surface area contributed by atoms with Gasteiger partial charge in [-0.2, -0.15) is 0 Å². The Balaban J connectivity index is 2.06. The molecule has 0 heterocycles. The summed E-state index contributed by atoms with van der Waals surface area (Å²) in [4.78, 5) is 25.0. The molecule has 2 unspecified atom stereocenters. The molecule has 0 aromatic heterocycles. The van der Waals surface area contributed by atoms with Gasteiger partial charge in [0.15, 0.2) is 0 Å². The van der Waals surface area contributed by atoms with Crippen LogP contribution in [0.15, 0.2) is 48.1 Å². The summed E-state index contributed by atoms with van der Waals surface area (Å²) in [5.74, 6) is -0.495. The summed E-state index contributed by atoms with van der Waals surface area (Å²) in [6.07, 6.45) is 5.58. The molecule has 1 aromatic carbocycles. The van der Waals surface area contributed by atoms with Crippen molar-refractivity contribution >= 4 is 29.1 Å². The van der Waals surface area contributed by atoms with Gasteiger partial charge in [-0.25, -0.2) is 0 Å². The fraction of sp³-hybridized carbons (Fsp3) is 0.400. The molecule has 1 aliphatic rings. The van der Waals surface area contributed by atoms with E-state index in [1.54, 1.807) is 49.6 Å². The fourth-order valence-electron chi connectivity index (χ4n) is 2.60. The molecule has 140 valence electrons. The van der Waals surface area contributed by atoms with Gasteiger partial charge in [-0.1, -0.05) is 43.7 Å². The van der Waals surface area contributed by atoms with E-state index in [1.807, 2.05) is 0 Å². The lowest BCUT2D eigenvalue weighted by molar-refractivity contribution is -0.121. The molecule has 2 rings (SSSR count). The number of amides is 2. The van der Waals surface area contributed by atoms with E-state index in [4.69, 9.17) is 16.3 Å². The molecule has 0 bridgehead atoms. The van der Waals surface area contributed by atoms with Gasteiger partial charge in [0, 0.05) is 29.9 Å². The van der Waals surface area contributed by atoms with Gasteiger partial charge in [0.25, 0.3) is 5.91 Å². The van der Waals surface area contributed by atoms with Crippen LogP contribution in [-0.2, 0) is 14.3 Å². The van der Waals surface area contributed by atoms with Crippen molar-refractivity contribution in [2.24, 2.45) is 11.8 Å². The first-order valence-corrected chi connectivity index (χ1v) is 9.06. The van der Waals surface area contributed by atoms with Crippen LogP contribution in [0.3, 0.4) is 0 Å². The lowest BCUT2D eigenvalue weighted by Gasteiger charge is -2.24. The van der Waals surface area contributed by atoms with Crippen LogP contribution in [-0.4, -0.2) is 31.6 Å². The molecule has 2 N–H and O–H groups in total. The van der Waals surface area contributed by atoms with Crippen LogP contribution < -0.4 is 10.6 Å². The monoisotopic (exact) mass is 376 g/mol. The molecule has 1 aliphatic carbocycles. The molecule has 0 spiro atoms. The second-order valence-corrected chi connectivity index (χ2v) is 7.08. The Morgan fingerprint density at radius 3 is 2.54 bits per heavy atom. The average Bonchev–Trinajstić information content (AvgIpc) is 2.62. The molecule has 5 nitrogen and oxygen atoms in total. The highest BCUT2D eigenvalue weighted by Gasteiger charge is 2.29. The van der Waals surface area contributed by atoms with E-state index in [-0.39, 0.29) is 11.8 Å². The summed E-state index contributed by atoms with van der Waals surface area (Å²) in [7, 11) is 1.54. The molecule has 0 radical (unpaired) electrons. The first kappa shape index (κ1) is 20.2. The van der Waals surface area contributed by atoms with Crippen molar-refractivity contribution in [2.45, 2.75) is 26.4 Å². The molecule has 26 heavy (non-hydrogen) atoms. The number of methoxy groups -OCH3 is 1. The average molecular weight is 377 g/mol. The van der Waals surface area contributed by atoms with E-state index in [1.165, 1.54) is 0 Å². The largest absolute Gasteiger partial charge is 0.376 e. The zero-order chi connectivity index (χ0) is 19.1. The van der Waals surface area contributed by atoms with Crippen molar-refractivity contribution in [2.75, 3.05) is 19.0 Å². The Morgan fingerprint density at radius 1 is 1.23 bits per heavy atom. The Morgan fingerprint density at radius 2 is 1.92 bits per heavy atom. The number of carbonyl (C=O) groups excluding carboxylic acids is 2. The van der Waals surface area contributed by atoms with Gasteiger partial charge in [0.1, 0.15) is 0 Å². The number of nitrogens with one attached hydrogen (secondary N) is 2. The maximum Gasteiger partial charge on any atom is 0.250 e. The number of carbonyl (C=O) groups is 2. The van der Waals surface area contributed by atoms with Crippen LogP contribution in [0.4, 0.5) is 5.69 Å². The smallest absolute Gasteiger partial charge is 0.250 e. The van der Waals surface area contributed by atoms with Crippen molar-refractivity contribution in [1.82, 2.24) is 5.32 Å². The summed E-state index contributed by atoms with van der Waals surface area (Å²) in [5.41, 5.74) is 1.11. The first-order valence-electron chi connectivity index (χ1n) is 8.68. The standard InChI is InChI=1S/C20H25ClN2O3/c1-13(2)10-11-22-19(24)14-4-9-18(26-3)17(12-14)20(25)23-16-7-5-15(21)6-8-16/h4-9,12-13,17-18H,10-11H2,1-3H3,(H,22,24)(H,23,25). The van der Waals surface area contributed by atoms with Crippen LogP contribution in [0.2, 0.25) is 5.02 Å². The number of benzene rings is 1. The van der Waals surface area contributed by atoms with Crippen LogP contribution in [0.25, 0.3) is 0 Å². The molecule has 6 heteroatoms. The lowest BCUT2D eigenvalue weighted by atomic mass is 9.92. The second-order valence-electron chi connectivity index (χ2n) is 6.64. The zero-order valence-corrected chi connectivity index (χ0v) is 16.0. The van der Waals surface area contributed by atoms with Crippen molar-refractivity contribution < 1.29 is 14.3 Å². The fourth-order valence-corrected chi connectivity index (χ4v) is 2.72. The number of hydrogen-bond donors (Lipinski definition) is 2. The predicted molar refractivity (Wildman–Crippen MR) is 104 cm³/mol. The molecular formula is C20H25ClN2O3. The van der Waals surface area contributed by atoms with E-state index in [0.29, 0.717) is 28.7 Å². The maximum absolute atomic E-state index is 12.7. The SMILES string of the molecule is COC1C=CC(C(=O)NCCC(C)C)=CC1C(=O)Nc1ccc(Cl)cc1. The number of ether oxygens (including phenoxy) is 1.